The molecule has 1 unspecified atom stereocenters. The van der Waals surface area contributed by atoms with E-state index in [0.29, 0.717) is 6.42 Å². The first-order valence-corrected chi connectivity index (χ1v) is 9.26. The summed E-state index contributed by atoms with van der Waals surface area (Å²) in [6.45, 7) is 4.46. The van der Waals surface area contributed by atoms with Crippen LogP contribution in [0.1, 0.15) is 37.8 Å². The number of esters is 2. The van der Waals surface area contributed by atoms with Crippen molar-refractivity contribution in [1.82, 2.24) is 5.32 Å². The summed E-state index contributed by atoms with van der Waals surface area (Å²) >= 11 is 0. The molecular weight excluding hydrogens is 342 g/mol. The number of carbonyl (C=O) groups excluding carboxylic acids is 2. The first kappa shape index (κ1) is 22.4. The lowest BCUT2D eigenvalue weighted by Gasteiger charge is -2.15. The molecule has 0 aliphatic rings. The first-order valence-electron chi connectivity index (χ1n) is 9.26. The Kier molecular flexibility index (Phi) is 11.2. The third-order valence-electron chi connectivity index (χ3n) is 3.74. The standard InChI is InChI=1S/C20H23NO4.C2H6/c1-21-18(20(23)25-15-17-10-6-3-7-11-17)12-13-19(22)24-14-16-8-4-2-5-9-16;1-2/h2-11,18,21H,12-15H2,1H3;1-2H3. The van der Waals surface area contributed by atoms with Gasteiger partial charge in [0.15, 0.2) is 0 Å². The molecule has 0 aromatic heterocycles. The average Bonchev–Trinajstić information content (AvgIpc) is 2.74. The summed E-state index contributed by atoms with van der Waals surface area (Å²) < 4.78 is 10.5. The lowest BCUT2D eigenvalue weighted by molar-refractivity contribution is -0.148. The van der Waals surface area contributed by atoms with E-state index in [0.717, 1.165) is 11.1 Å². The molecule has 5 nitrogen and oxygen atoms in total. The van der Waals surface area contributed by atoms with Gasteiger partial charge in [-0.15, -0.1) is 0 Å². The van der Waals surface area contributed by atoms with Gasteiger partial charge in [-0.25, -0.2) is 0 Å². The van der Waals surface area contributed by atoms with Gasteiger partial charge >= 0.3 is 11.9 Å². The van der Waals surface area contributed by atoms with E-state index in [9.17, 15) is 9.59 Å². The molecule has 5 heteroatoms. The Labute approximate surface area is 161 Å². The van der Waals surface area contributed by atoms with Crippen LogP contribution in [0.25, 0.3) is 0 Å². The summed E-state index contributed by atoms with van der Waals surface area (Å²) in [5.41, 5.74) is 1.86. The Morgan fingerprint density at radius 3 is 1.81 bits per heavy atom. The normalized spacial score (nSPS) is 10.9. The van der Waals surface area contributed by atoms with E-state index >= 15 is 0 Å². The molecule has 2 aromatic carbocycles. The Morgan fingerprint density at radius 1 is 0.852 bits per heavy atom. The second-order valence-electron chi connectivity index (χ2n) is 5.62. The highest BCUT2D eigenvalue weighted by molar-refractivity contribution is 5.77. The fraction of sp³-hybridized carbons (Fsp3) is 0.364. The number of rotatable bonds is 9. The van der Waals surface area contributed by atoms with Crippen LogP contribution in [-0.4, -0.2) is 25.0 Å². The van der Waals surface area contributed by atoms with E-state index < -0.39 is 6.04 Å². The zero-order valence-corrected chi connectivity index (χ0v) is 16.3. The molecule has 0 aliphatic heterocycles. The third-order valence-corrected chi connectivity index (χ3v) is 3.74. The van der Waals surface area contributed by atoms with Gasteiger partial charge in [0, 0.05) is 6.42 Å². The predicted octanol–water partition coefficient (Wildman–Crippen LogP) is 3.87. The fourth-order valence-corrected chi connectivity index (χ4v) is 2.28. The van der Waals surface area contributed by atoms with E-state index in [1.54, 1.807) is 7.05 Å². The van der Waals surface area contributed by atoms with Gasteiger partial charge in [-0.2, -0.15) is 0 Å². The van der Waals surface area contributed by atoms with Crippen molar-refractivity contribution in [2.75, 3.05) is 7.05 Å². The van der Waals surface area contributed by atoms with E-state index in [2.05, 4.69) is 5.32 Å². The molecule has 0 heterocycles. The minimum Gasteiger partial charge on any atom is -0.461 e. The van der Waals surface area contributed by atoms with Crippen LogP contribution in [0, 0.1) is 0 Å². The monoisotopic (exact) mass is 371 g/mol. The highest BCUT2D eigenvalue weighted by Crippen LogP contribution is 2.07. The lowest BCUT2D eigenvalue weighted by atomic mass is 10.1. The minimum atomic E-state index is -0.534. The number of nitrogens with one attached hydrogen (secondary N) is 1. The molecular formula is C22H29NO4. The summed E-state index contributed by atoms with van der Waals surface area (Å²) in [6.07, 6.45) is 0.483. The van der Waals surface area contributed by atoms with Crippen LogP contribution in [0.5, 0.6) is 0 Å². The van der Waals surface area contributed by atoms with Crippen molar-refractivity contribution >= 4 is 11.9 Å². The molecule has 1 atom stereocenters. The predicted molar refractivity (Wildman–Crippen MR) is 106 cm³/mol. The summed E-state index contributed by atoms with van der Waals surface area (Å²) in [6, 6.07) is 18.4. The van der Waals surface area contributed by atoms with Crippen LogP contribution in [0.2, 0.25) is 0 Å². The zero-order chi connectivity index (χ0) is 19.9. The van der Waals surface area contributed by atoms with Gasteiger partial charge in [0.25, 0.3) is 0 Å². The number of benzene rings is 2. The molecule has 0 amide bonds. The van der Waals surface area contributed by atoms with Gasteiger partial charge in [0.1, 0.15) is 19.3 Å². The highest BCUT2D eigenvalue weighted by Gasteiger charge is 2.19. The average molecular weight is 371 g/mol. The quantitative estimate of drug-likeness (QED) is 0.678. The SMILES string of the molecule is CC.CNC(CCC(=O)OCc1ccccc1)C(=O)OCc1ccccc1. The van der Waals surface area contributed by atoms with Crippen molar-refractivity contribution in [1.29, 1.82) is 0 Å². The second-order valence-corrected chi connectivity index (χ2v) is 5.62. The van der Waals surface area contributed by atoms with Crippen molar-refractivity contribution in [3.8, 4) is 0 Å². The maximum atomic E-state index is 12.1. The molecule has 0 spiro atoms. The van der Waals surface area contributed by atoms with Crippen LogP contribution in [0.4, 0.5) is 0 Å². The van der Waals surface area contributed by atoms with Gasteiger partial charge in [0.05, 0.1) is 0 Å². The molecule has 27 heavy (non-hydrogen) atoms. The summed E-state index contributed by atoms with van der Waals surface area (Å²) in [5, 5.41) is 2.88. The van der Waals surface area contributed by atoms with Crippen molar-refractivity contribution < 1.29 is 19.1 Å². The first-order chi connectivity index (χ1) is 13.2. The second kappa shape index (κ2) is 13.5. The Hall–Kier alpha value is -2.66. The topological polar surface area (TPSA) is 64.6 Å². The number of likely N-dealkylation sites (N-methyl/N-ethyl adjacent to an activating group) is 1. The van der Waals surface area contributed by atoms with Gasteiger partial charge in [0.2, 0.25) is 0 Å². The molecule has 0 fully saturated rings. The number of hydrogen-bond donors (Lipinski definition) is 1. The largest absolute Gasteiger partial charge is 0.461 e. The van der Waals surface area contributed by atoms with Crippen molar-refractivity contribution in [3.05, 3.63) is 71.8 Å². The van der Waals surface area contributed by atoms with Crippen LogP contribution < -0.4 is 5.32 Å². The minimum absolute atomic E-state index is 0.152. The summed E-state index contributed by atoms with van der Waals surface area (Å²) in [5.74, 6) is -0.706. The molecule has 2 aromatic rings. The Balaban J connectivity index is 0.00000176. The molecule has 0 saturated heterocycles. The lowest BCUT2D eigenvalue weighted by Crippen LogP contribution is -2.36. The smallest absolute Gasteiger partial charge is 0.323 e. The zero-order valence-electron chi connectivity index (χ0n) is 16.3. The molecule has 2 rings (SSSR count). The molecule has 1 N–H and O–H groups in total. The third kappa shape index (κ3) is 9.01. The highest BCUT2D eigenvalue weighted by atomic mass is 16.5. The molecule has 0 aliphatic carbocycles. The van der Waals surface area contributed by atoms with Gasteiger partial charge in [-0.1, -0.05) is 74.5 Å². The summed E-state index contributed by atoms with van der Waals surface area (Å²) in [4.78, 5) is 23.9. The van der Waals surface area contributed by atoms with Crippen LogP contribution in [-0.2, 0) is 32.3 Å². The van der Waals surface area contributed by atoms with Crippen molar-refractivity contribution in [2.24, 2.45) is 0 Å². The maximum Gasteiger partial charge on any atom is 0.323 e. The van der Waals surface area contributed by atoms with E-state index in [-0.39, 0.29) is 31.6 Å². The molecule has 146 valence electrons. The number of ether oxygens (including phenoxy) is 2. The van der Waals surface area contributed by atoms with Crippen molar-refractivity contribution in [2.45, 2.75) is 45.9 Å². The maximum absolute atomic E-state index is 12.1. The molecule has 0 bridgehead atoms. The Bertz CT molecular complexity index is 659. The van der Waals surface area contributed by atoms with Crippen LogP contribution in [0.3, 0.4) is 0 Å². The Morgan fingerprint density at radius 2 is 1.33 bits per heavy atom. The van der Waals surface area contributed by atoms with Crippen LogP contribution >= 0.6 is 0 Å². The van der Waals surface area contributed by atoms with Gasteiger partial charge in [-0.3, -0.25) is 9.59 Å². The molecule has 0 saturated carbocycles. The van der Waals surface area contributed by atoms with Gasteiger partial charge in [-0.05, 0) is 24.6 Å². The van der Waals surface area contributed by atoms with E-state index in [1.807, 2.05) is 74.5 Å². The molecule has 0 radical (unpaired) electrons. The van der Waals surface area contributed by atoms with E-state index in [4.69, 9.17) is 9.47 Å². The fourth-order valence-electron chi connectivity index (χ4n) is 2.28. The van der Waals surface area contributed by atoms with Crippen molar-refractivity contribution in [3.63, 3.8) is 0 Å². The number of carbonyl (C=O) groups is 2. The summed E-state index contributed by atoms with van der Waals surface area (Å²) in [7, 11) is 1.67. The van der Waals surface area contributed by atoms with Gasteiger partial charge < -0.3 is 14.8 Å². The van der Waals surface area contributed by atoms with E-state index in [1.165, 1.54) is 0 Å². The van der Waals surface area contributed by atoms with Crippen LogP contribution in [0.15, 0.2) is 60.7 Å². The number of hydrogen-bond acceptors (Lipinski definition) is 5.